The largest absolute Gasteiger partial charge is 0.491 e. The number of para-hydroxylation sites is 1. The third-order valence-electron chi connectivity index (χ3n) is 4.94. The van der Waals surface area contributed by atoms with Crippen LogP contribution in [0.2, 0.25) is 0 Å². The highest BCUT2D eigenvalue weighted by Gasteiger charge is 2.32. The van der Waals surface area contributed by atoms with Gasteiger partial charge >= 0.3 is 0 Å². The highest BCUT2D eigenvalue weighted by Crippen LogP contribution is 2.28. The van der Waals surface area contributed by atoms with Gasteiger partial charge in [0.15, 0.2) is 0 Å². The van der Waals surface area contributed by atoms with E-state index in [1.165, 1.54) is 0 Å². The van der Waals surface area contributed by atoms with Gasteiger partial charge < -0.3 is 14.4 Å². The number of benzene rings is 2. The lowest BCUT2D eigenvalue weighted by atomic mass is 10.1. The molecule has 1 aliphatic heterocycles. The summed E-state index contributed by atoms with van der Waals surface area (Å²) in [5.74, 6) is 1.45. The Kier molecular flexibility index (Phi) is 5.02. The highest BCUT2D eigenvalue weighted by molar-refractivity contribution is 5.94. The molecule has 0 N–H and O–H groups in total. The molecule has 0 saturated carbocycles. The normalized spacial score (nSPS) is 16.1. The molecule has 6 heteroatoms. The molecule has 1 aromatic heterocycles. The summed E-state index contributed by atoms with van der Waals surface area (Å²) in [5, 5.41) is 4.44. The number of amides is 1. The van der Waals surface area contributed by atoms with E-state index in [2.05, 4.69) is 5.10 Å². The molecule has 4 rings (SSSR count). The van der Waals surface area contributed by atoms with Gasteiger partial charge in [0.25, 0.3) is 5.91 Å². The molecule has 0 aliphatic carbocycles. The van der Waals surface area contributed by atoms with Gasteiger partial charge in [0.2, 0.25) is 5.88 Å². The first kappa shape index (κ1) is 18.1. The third-order valence-corrected chi connectivity index (χ3v) is 4.94. The van der Waals surface area contributed by atoms with Gasteiger partial charge in [-0.25, -0.2) is 4.68 Å². The van der Waals surface area contributed by atoms with Crippen molar-refractivity contribution in [3.8, 4) is 11.6 Å². The molecule has 6 nitrogen and oxygen atoms in total. The van der Waals surface area contributed by atoms with Crippen LogP contribution in [0, 0.1) is 6.92 Å². The van der Waals surface area contributed by atoms with Gasteiger partial charge in [-0.3, -0.25) is 4.79 Å². The number of ether oxygens (including phenoxy) is 2. The number of carbonyl (C=O) groups excluding carboxylic acids is 1. The van der Waals surface area contributed by atoms with Crippen LogP contribution >= 0.6 is 0 Å². The number of hydrogen-bond donors (Lipinski definition) is 0. The molecule has 0 saturated heterocycles. The first-order valence-electron chi connectivity index (χ1n) is 9.32. The number of rotatable bonds is 4. The minimum atomic E-state index is -0.222. The van der Waals surface area contributed by atoms with Crippen molar-refractivity contribution in [3.05, 3.63) is 77.5 Å². The lowest BCUT2D eigenvalue weighted by Crippen LogP contribution is -2.45. The Balaban J connectivity index is 1.63. The molecule has 0 spiro atoms. The van der Waals surface area contributed by atoms with Crippen LogP contribution in [0.25, 0.3) is 0 Å². The van der Waals surface area contributed by atoms with E-state index in [4.69, 9.17) is 9.47 Å². The fourth-order valence-corrected chi connectivity index (χ4v) is 3.44. The van der Waals surface area contributed by atoms with Crippen LogP contribution in [0.15, 0.2) is 60.7 Å². The van der Waals surface area contributed by atoms with E-state index in [-0.39, 0.29) is 11.9 Å². The molecule has 28 heavy (non-hydrogen) atoms. The SMILES string of the molecule is Cc1nn(C)c2c1CN(C(=O)c1ccccc1)C(COc1ccccc1)CO2. The smallest absolute Gasteiger partial charge is 0.254 e. The van der Waals surface area contributed by atoms with Crippen LogP contribution in [-0.2, 0) is 13.6 Å². The van der Waals surface area contributed by atoms with Crippen molar-refractivity contribution in [3.63, 3.8) is 0 Å². The predicted molar refractivity (Wildman–Crippen MR) is 105 cm³/mol. The zero-order valence-corrected chi connectivity index (χ0v) is 16.0. The minimum Gasteiger partial charge on any atom is -0.491 e. The zero-order chi connectivity index (χ0) is 19.5. The highest BCUT2D eigenvalue weighted by atomic mass is 16.5. The molecule has 1 amide bonds. The molecular weight excluding hydrogens is 354 g/mol. The number of aromatic nitrogens is 2. The maximum Gasteiger partial charge on any atom is 0.254 e. The minimum absolute atomic E-state index is 0.0398. The fraction of sp³-hybridized carbons (Fsp3) is 0.273. The number of nitrogens with zero attached hydrogens (tertiary/aromatic N) is 3. The summed E-state index contributed by atoms with van der Waals surface area (Å²) in [7, 11) is 1.86. The number of fused-ring (bicyclic) bond motifs is 1. The molecule has 2 aromatic carbocycles. The first-order valence-corrected chi connectivity index (χ1v) is 9.32. The summed E-state index contributed by atoms with van der Waals surface area (Å²) in [5.41, 5.74) is 2.46. The predicted octanol–water partition coefficient (Wildman–Crippen LogP) is 3.21. The van der Waals surface area contributed by atoms with E-state index < -0.39 is 0 Å². The summed E-state index contributed by atoms with van der Waals surface area (Å²) in [4.78, 5) is 15.1. The van der Waals surface area contributed by atoms with E-state index in [0.29, 0.717) is 31.2 Å². The summed E-state index contributed by atoms with van der Waals surface area (Å²) in [6, 6.07) is 18.7. The Bertz CT molecular complexity index is 954. The average molecular weight is 377 g/mol. The molecule has 1 aliphatic rings. The Hall–Kier alpha value is -3.28. The maximum atomic E-state index is 13.3. The quantitative estimate of drug-likeness (QED) is 0.701. The lowest BCUT2D eigenvalue weighted by Gasteiger charge is -2.29. The van der Waals surface area contributed by atoms with Crippen molar-refractivity contribution in [1.29, 1.82) is 0 Å². The topological polar surface area (TPSA) is 56.6 Å². The van der Waals surface area contributed by atoms with Crippen LogP contribution in [0.3, 0.4) is 0 Å². The van der Waals surface area contributed by atoms with E-state index in [1.807, 2.05) is 79.5 Å². The van der Waals surface area contributed by atoms with Gasteiger partial charge in [0.05, 0.1) is 17.8 Å². The third kappa shape index (κ3) is 3.58. The second-order valence-electron chi connectivity index (χ2n) is 6.88. The van der Waals surface area contributed by atoms with Crippen molar-refractivity contribution in [1.82, 2.24) is 14.7 Å². The van der Waals surface area contributed by atoms with Crippen molar-refractivity contribution < 1.29 is 14.3 Å². The van der Waals surface area contributed by atoms with Gasteiger partial charge in [-0.1, -0.05) is 36.4 Å². The van der Waals surface area contributed by atoms with Crippen molar-refractivity contribution in [2.24, 2.45) is 7.05 Å². The summed E-state index contributed by atoms with van der Waals surface area (Å²) in [6.45, 7) is 3.07. The maximum absolute atomic E-state index is 13.3. The monoisotopic (exact) mass is 377 g/mol. The summed E-state index contributed by atoms with van der Waals surface area (Å²) < 4.78 is 13.7. The van der Waals surface area contributed by atoms with Gasteiger partial charge in [0, 0.05) is 12.6 Å². The molecule has 1 unspecified atom stereocenters. The standard InChI is InChI=1S/C22H23N3O3/c1-16-20-13-25(21(26)17-9-5-3-6-10-17)18(15-28-22(20)24(2)23-16)14-27-19-11-7-4-8-12-19/h3-12,18H,13-15H2,1-2H3. The van der Waals surface area contributed by atoms with Crippen LogP contribution < -0.4 is 9.47 Å². The molecule has 2 heterocycles. The van der Waals surface area contributed by atoms with Crippen LogP contribution in [-0.4, -0.2) is 39.8 Å². The summed E-state index contributed by atoms with van der Waals surface area (Å²) >= 11 is 0. The molecule has 1 atom stereocenters. The Morgan fingerprint density at radius 2 is 1.82 bits per heavy atom. The van der Waals surface area contributed by atoms with E-state index in [1.54, 1.807) is 4.68 Å². The lowest BCUT2D eigenvalue weighted by molar-refractivity contribution is 0.0529. The number of carbonyl (C=O) groups is 1. The van der Waals surface area contributed by atoms with Gasteiger partial charge in [-0.05, 0) is 31.2 Å². The second kappa shape index (κ2) is 7.76. The molecule has 0 fully saturated rings. The van der Waals surface area contributed by atoms with Gasteiger partial charge in [0.1, 0.15) is 25.0 Å². The van der Waals surface area contributed by atoms with Gasteiger partial charge in [-0.15, -0.1) is 0 Å². The number of aryl methyl sites for hydroxylation is 2. The van der Waals surface area contributed by atoms with E-state index >= 15 is 0 Å². The van der Waals surface area contributed by atoms with Crippen molar-refractivity contribution in [2.75, 3.05) is 13.2 Å². The second-order valence-corrected chi connectivity index (χ2v) is 6.88. The Morgan fingerprint density at radius 1 is 1.14 bits per heavy atom. The van der Waals surface area contributed by atoms with E-state index in [0.717, 1.165) is 17.0 Å². The van der Waals surface area contributed by atoms with Crippen LogP contribution in [0.4, 0.5) is 0 Å². The zero-order valence-electron chi connectivity index (χ0n) is 16.0. The van der Waals surface area contributed by atoms with Crippen molar-refractivity contribution in [2.45, 2.75) is 19.5 Å². The van der Waals surface area contributed by atoms with Gasteiger partial charge in [-0.2, -0.15) is 5.10 Å². The molecule has 3 aromatic rings. The van der Waals surface area contributed by atoms with E-state index in [9.17, 15) is 4.79 Å². The number of hydrogen-bond acceptors (Lipinski definition) is 4. The molecule has 0 bridgehead atoms. The average Bonchev–Trinajstić information content (AvgIpc) is 2.89. The van der Waals surface area contributed by atoms with Crippen LogP contribution in [0.5, 0.6) is 11.6 Å². The first-order chi connectivity index (χ1) is 13.6. The summed E-state index contributed by atoms with van der Waals surface area (Å²) in [6.07, 6.45) is 0. The Morgan fingerprint density at radius 3 is 2.54 bits per heavy atom. The Labute approximate surface area is 164 Å². The molecule has 0 radical (unpaired) electrons. The van der Waals surface area contributed by atoms with Crippen molar-refractivity contribution >= 4 is 5.91 Å². The molecule has 144 valence electrons. The van der Waals surface area contributed by atoms with Crippen LogP contribution in [0.1, 0.15) is 21.6 Å². The fourth-order valence-electron chi connectivity index (χ4n) is 3.44. The molecular formula is C22H23N3O3.